The normalized spacial score (nSPS) is 16.2. The molecular formula is C25H28N4O2. The Kier molecular flexibility index (Phi) is 6.16. The third-order valence-electron chi connectivity index (χ3n) is 5.83. The van der Waals surface area contributed by atoms with E-state index in [4.69, 9.17) is 0 Å². The number of aromatic nitrogens is 2. The van der Waals surface area contributed by atoms with E-state index >= 15 is 0 Å². The zero-order valence-electron chi connectivity index (χ0n) is 18.0. The fourth-order valence-electron chi connectivity index (χ4n) is 4.09. The Morgan fingerprint density at radius 3 is 2.68 bits per heavy atom. The monoisotopic (exact) mass is 416 g/mol. The number of carbonyl (C=O) groups is 1. The van der Waals surface area contributed by atoms with Gasteiger partial charge in [-0.3, -0.25) is 9.59 Å². The topological polar surface area (TPSA) is 67.2 Å². The molecule has 6 nitrogen and oxygen atoms in total. The Labute approximate surface area is 182 Å². The fraction of sp³-hybridized carbons (Fsp3) is 0.320. The quantitative estimate of drug-likeness (QED) is 0.688. The van der Waals surface area contributed by atoms with Crippen molar-refractivity contribution in [3.8, 4) is 0 Å². The van der Waals surface area contributed by atoms with Crippen molar-refractivity contribution in [2.45, 2.75) is 33.2 Å². The van der Waals surface area contributed by atoms with Gasteiger partial charge in [0.1, 0.15) is 0 Å². The van der Waals surface area contributed by atoms with Gasteiger partial charge in [0.05, 0.1) is 24.3 Å². The molecule has 1 fully saturated rings. The van der Waals surface area contributed by atoms with E-state index in [2.05, 4.69) is 21.4 Å². The maximum atomic E-state index is 12.9. The molecule has 0 aliphatic carbocycles. The Morgan fingerprint density at radius 1 is 1.13 bits per heavy atom. The molecule has 1 aliphatic rings. The van der Waals surface area contributed by atoms with Crippen LogP contribution < -0.4 is 15.8 Å². The number of aryl methyl sites for hydroxylation is 2. The standard InChI is InChI=1S/C25H28N4O2/c1-18-10-11-23(19(2)13-18)27-25(31)21-9-6-12-28(17-21)22-14-24(30)29(26-15-22)16-20-7-4-3-5-8-20/h3-5,7-8,10-11,13-15,21H,6,9,12,16-17H2,1-2H3,(H,27,31)/t21-/m1/s1. The van der Waals surface area contributed by atoms with Crippen LogP contribution in [0, 0.1) is 19.8 Å². The Balaban J connectivity index is 1.43. The number of piperidine rings is 1. The van der Waals surface area contributed by atoms with Gasteiger partial charge >= 0.3 is 0 Å². The van der Waals surface area contributed by atoms with Crippen molar-refractivity contribution in [2.24, 2.45) is 5.92 Å². The summed E-state index contributed by atoms with van der Waals surface area (Å²) in [5, 5.41) is 7.45. The van der Waals surface area contributed by atoms with Gasteiger partial charge in [-0.05, 0) is 43.9 Å². The highest BCUT2D eigenvalue weighted by atomic mass is 16.2. The summed E-state index contributed by atoms with van der Waals surface area (Å²) in [7, 11) is 0. The van der Waals surface area contributed by atoms with E-state index in [9.17, 15) is 9.59 Å². The molecule has 1 aromatic heterocycles. The van der Waals surface area contributed by atoms with Crippen LogP contribution in [0.3, 0.4) is 0 Å². The summed E-state index contributed by atoms with van der Waals surface area (Å²) in [4.78, 5) is 27.6. The van der Waals surface area contributed by atoms with Crippen LogP contribution in [0.5, 0.6) is 0 Å². The van der Waals surface area contributed by atoms with Crippen molar-refractivity contribution in [1.29, 1.82) is 0 Å². The summed E-state index contributed by atoms with van der Waals surface area (Å²) in [5.41, 5.74) is 4.77. The minimum Gasteiger partial charge on any atom is -0.369 e. The first-order chi connectivity index (χ1) is 15.0. The van der Waals surface area contributed by atoms with Crippen molar-refractivity contribution in [2.75, 3.05) is 23.3 Å². The van der Waals surface area contributed by atoms with Crippen LogP contribution in [0.25, 0.3) is 0 Å². The van der Waals surface area contributed by atoms with Gasteiger partial charge in [0.2, 0.25) is 5.91 Å². The highest BCUT2D eigenvalue weighted by Gasteiger charge is 2.26. The minimum atomic E-state index is -0.136. The predicted octanol–water partition coefficient (Wildman–Crippen LogP) is 3.76. The summed E-state index contributed by atoms with van der Waals surface area (Å²) < 4.78 is 1.47. The number of benzene rings is 2. The largest absolute Gasteiger partial charge is 0.369 e. The van der Waals surface area contributed by atoms with E-state index < -0.39 is 0 Å². The number of anilines is 2. The molecule has 1 atom stereocenters. The first-order valence-electron chi connectivity index (χ1n) is 10.7. The smallest absolute Gasteiger partial charge is 0.269 e. The van der Waals surface area contributed by atoms with E-state index in [1.54, 1.807) is 12.3 Å². The average molecular weight is 417 g/mol. The second-order valence-electron chi connectivity index (χ2n) is 8.29. The molecule has 0 bridgehead atoms. The molecule has 0 unspecified atom stereocenters. The second-order valence-corrected chi connectivity index (χ2v) is 8.29. The van der Waals surface area contributed by atoms with Crippen molar-refractivity contribution in [1.82, 2.24) is 9.78 Å². The lowest BCUT2D eigenvalue weighted by Gasteiger charge is -2.33. The number of carbonyl (C=O) groups excluding carboxylic acids is 1. The van der Waals surface area contributed by atoms with Gasteiger partial charge in [-0.15, -0.1) is 0 Å². The first kappa shape index (κ1) is 20.8. The van der Waals surface area contributed by atoms with Gasteiger partial charge < -0.3 is 10.2 Å². The van der Waals surface area contributed by atoms with Crippen LogP contribution in [0.4, 0.5) is 11.4 Å². The summed E-state index contributed by atoms with van der Waals surface area (Å²) in [6.07, 6.45) is 3.47. The van der Waals surface area contributed by atoms with Crippen LogP contribution in [0.15, 0.2) is 65.6 Å². The number of hydrogen-bond donors (Lipinski definition) is 1. The number of nitrogens with one attached hydrogen (secondary N) is 1. The lowest BCUT2D eigenvalue weighted by molar-refractivity contribution is -0.120. The van der Waals surface area contributed by atoms with Gasteiger partial charge in [-0.1, -0.05) is 48.0 Å². The van der Waals surface area contributed by atoms with Gasteiger partial charge in [-0.2, -0.15) is 5.10 Å². The molecule has 160 valence electrons. The molecule has 2 heterocycles. The van der Waals surface area contributed by atoms with Gasteiger partial charge in [0, 0.05) is 24.8 Å². The van der Waals surface area contributed by atoms with E-state index in [0.717, 1.165) is 41.9 Å². The molecule has 3 aromatic rings. The molecule has 0 spiro atoms. The number of nitrogens with zero attached hydrogens (tertiary/aromatic N) is 3. The van der Waals surface area contributed by atoms with Crippen molar-refractivity contribution in [3.05, 3.63) is 87.8 Å². The lowest BCUT2D eigenvalue weighted by Crippen LogP contribution is -2.41. The average Bonchev–Trinajstić information content (AvgIpc) is 2.78. The third kappa shape index (κ3) is 5.02. The molecule has 4 rings (SSSR count). The van der Waals surface area contributed by atoms with Crippen molar-refractivity contribution in [3.63, 3.8) is 0 Å². The summed E-state index contributed by atoms with van der Waals surface area (Å²) in [6.45, 7) is 5.89. The van der Waals surface area contributed by atoms with E-state index in [1.165, 1.54) is 10.2 Å². The van der Waals surface area contributed by atoms with Gasteiger partial charge in [-0.25, -0.2) is 4.68 Å². The first-order valence-corrected chi connectivity index (χ1v) is 10.7. The fourth-order valence-corrected chi connectivity index (χ4v) is 4.09. The maximum absolute atomic E-state index is 12.9. The van der Waals surface area contributed by atoms with E-state index in [1.807, 2.05) is 56.3 Å². The molecule has 1 aliphatic heterocycles. The van der Waals surface area contributed by atoms with Crippen LogP contribution >= 0.6 is 0 Å². The molecule has 1 saturated heterocycles. The van der Waals surface area contributed by atoms with Crippen LogP contribution in [-0.4, -0.2) is 28.8 Å². The maximum Gasteiger partial charge on any atom is 0.269 e. The molecule has 0 radical (unpaired) electrons. The van der Waals surface area contributed by atoms with Crippen LogP contribution in [-0.2, 0) is 11.3 Å². The Hall–Kier alpha value is -3.41. The molecule has 1 N–H and O–H groups in total. The zero-order valence-corrected chi connectivity index (χ0v) is 18.0. The highest BCUT2D eigenvalue weighted by Crippen LogP contribution is 2.24. The van der Waals surface area contributed by atoms with Crippen LogP contribution in [0.1, 0.15) is 29.5 Å². The Morgan fingerprint density at radius 2 is 1.94 bits per heavy atom. The molecule has 31 heavy (non-hydrogen) atoms. The summed E-state index contributed by atoms with van der Waals surface area (Å²) in [6, 6.07) is 17.5. The number of hydrogen-bond acceptors (Lipinski definition) is 4. The molecule has 6 heteroatoms. The molecule has 0 saturated carbocycles. The zero-order chi connectivity index (χ0) is 21.8. The van der Waals surface area contributed by atoms with Crippen molar-refractivity contribution >= 4 is 17.3 Å². The van der Waals surface area contributed by atoms with Crippen LogP contribution in [0.2, 0.25) is 0 Å². The molecule has 1 amide bonds. The van der Waals surface area contributed by atoms with E-state index in [-0.39, 0.29) is 17.4 Å². The minimum absolute atomic E-state index is 0.0297. The highest BCUT2D eigenvalue weighted by molar-refractivity contribution is 5.93. The molecule has 2 aromatic carbocycles. The molecular weight excluding hydrogens is 388 g/mol. The lowest BCUT2D eigenvalue weighted by atomic mass is 9.96. The number of rotatable bonds is 5. The summed E-state index contributed by atoms with van der Waals surface area (Å²) >= 11 is 0. The Bertz CT molecular complexity index is 1120. The number of amides is 1. The van der Waals surface area contributed by atoms with E-state index in [0.29, 0.717) is 13.1 Å². The third-order valence-corrected chi connectivity index (χ3v) is 5.83. The van der Waals surface area contributed by atoms with Gasteiger partial charge in [0.25, 0.3) is 5.56 Å². The second kappa shape index (κ2) is 9.16. The predicted molar refractivity (Wildman–Crippen MR) is 124 cm³/mol. The van der Waals surface area contributed by atoms with Crippen molar-refractivity contribution < 1.29 is 4.79 Å². The SMILES string of the molecule is Cc1ccc(NC(=O)[C@@H]2CCCN(c3cnn(Cc4ccccc4)c(=O)c3)C2)c(C)c1. The van der Waals surface area contributed by atoms with Gasteiger partial charge in [0.15, 0.2) is 0 Å². The summed E-state index contributed by atoms with van der Waals surface area (Å²) in [5.74, 6) is -0.0942.